The molecule has 2 saturated heterocycles. The fourth-order valence-electron chi connectivity index (χ4n) is 2.80. The van der Waals surface area contributed by atoms with Gasteiger partial charge in [0.15, 0.2) is 0 Å². The lowest BCUT2D eigenvalue weighted by Gasteiger charge is -2.39. The summed E-state index contributed by atoms with van der Waals surface area (Å²) in [5.41, 5.74) is 0. The molecule has 0 spiro atoms. The maximum Gasteiger partial charge on any atom is 0.245 e. The molecule has 1 unspecified atom stereocenters. The van der Waals surface area contributed by atoms with Crippen molar-refractivity contribution < 1.29 is 9.59 Å². The van der Waals surface area contributed by atoms with Crippen molar-refractivity contribution in [2.24, 2.45) is 0 Å². The summed E-state index contributed by atoms with van der Waals surface area (Å²) < 4.78 is 0. The van der Waals surface area contributed by atoms with Gasteiger partial charge in [-0.2, -0.15) is 0 Å². The van der Waals surface area contributed by atoms with Crippen molar-refractivity contribution in [3.05, 3.63) is 0 Å². The Bertz CT molecular complexity index is 324. The predicted octanol–water partition coefficient (Wildman–Crippen LogP) is 0.161. The van der Waals surface area contributed by atoms with Gasteiger partial charge in [-0.3, -0.25) is 9.59 Å². The lowest BCUT2D eigenvalue weighted by Crippen LogP contribution is -2.56. The van der Waals surface area contributed by atoms with Gasteiger partial charge in [0, 0.05) is 39.6 Å². The minimum atomic E-state index is -0.209. The van der Waals surface area contributed by atoms with Crippen LogP contribution in [0.15, 0.2) is 0 Å². The van der Waals surface area contributed by atoms with E-state index >= 15 is 0 Å². The van der Waals surface area contributed by atoms with E-state index in [2.05, 4.69) is 11.9 Å². The first-order valence-corrected chi connectivity index (χ1v) is 6.84. The number of amides is 2. The average molecular weight is 253 g/mol. The molecule has 0 bridgehead atoms. The summed E-state index contributed by atoms with van der Waals surface area (Å²) in [6.07, 6.45) is 2.89. The molecule has 0 saturated carbocycles. The Hall–Kier alpha value is -1.10. The zero-order valence-electron chi connectivity index (χ0n) is 11.4. The maximum absolute atomic E-state index is 12.5. The Kier molecular flexibility index (Phi) is 4.22. The third-order valence-electron chi connectivity index (χ3n) is 4.01. The number of piperidine rings is 1. The van der Waals surface area contributed by atoms with Crippen molar-refractivity contribution in [1.82, 2.24) is 14.7 Å². The number of nitrogens with zero attached hydrogens (tertiary/aromatic N) is 3. The topological polar surface area (TPSA) is 43.9 Å². The molecule has 0 aromatic carbocycles. The molecule has 0 aliphatic carbocycles. The second-order valence-electron chi connectivity index (χ2n) is 5.35. The van der Waals surface area contributed by atoms with Crippen LogP contribution in [0.25, 0.3) is 0 Å². The van der Waals surface area contributed by atoms with E-state index in [4.69, 9.17) is 0 Å². The number of carbonyl (C=O) groups excluding carboxylic acids is 2. The lowest BCUT2D eigenvalue weighted by atomic mass is 10.0. The predicted molar refractivity (Wildman–Crippen MR) is 69.1 cm³/mol. The summed E-state index contributed by atoms with van der Waals surface area (Å²) in [5.74, 6) is 0.181. The van der Waals surface area contributed by atoms with Gasteiger partial charge in [0.25, 0.3) is 0 Å². The molecule has 2 aliphatic rings. The standard InChI is InChI=1S/C13H23N3O2/c1-11(17)16-6-4-3-5-12(16)13(18)15-9-7-14(2)8-10-15/h12H,3-10H2,1-2H3. The first-order valence-electron chi connectivity index (χ1n) is 6.84. The number of rotatable bonds is 1. The van der Waals surface area contributed by atoms with Gasteiger partial charge in [-0.25, -0.2) is 0 Å². The number of likely N-dealkylation sites (N-methyl/N-ethyl adjacent to an activating group) is 1. The highest BCUT2D eigenvalue weighted by Crippen LogP contribution is 2.19. The largest absolute Gasteiger partial charge is 0.338 e. The van der Waals surface area contributed by atoms with Gasteiger partial charge in [0.2, 0.25) is 11.8 Å². The van der Waals surface area contributed by atoms with E-state index in [1.807, 2.05) is 4.90 Å². The molecule has 1 atom stereocenters. The highest BCUT2D eigenvalue weighted by molar-refractivity contribution is 5.87. The smallest absolute Gasteiger partial charge is 0.245 e. The lowest BCUT2D eigenvalue weighted by molar-refractivity contribution is -0.147. The molecular weight excluding hydrogens is 230 g/mol. The van der Waals surface area contributed by atoms with Crippen LogP contribution in [0.1, 0.15) is 26.2 Å². The van der Waals surface area contributed by atoms with E-state index in [0.29, 0.717) is 0 Å². The van der Waals surface area contributed by atoms with Gasteiger partial charge >= 0.3 is 0 Å². The minimum absolute atomic E-state index is 0.0298. The number of likely N-dealkylation sites (tertiary alicyclic amines) is 1. The van der Waals surface area contributed by atoms with E-state index < -0.39 is 0 Å². The minimum Gasteiger partial charge on any atom is -0.338 e. The van der Waals surface area contributed by atoms with Gasteiger partial charge in [0.1, 0.15) is 6.04 Å². The van der Waals surface area contributed by atoms with Crippen LogP contribution < -0.4 is 0 Å². The van der Waals surface area contributed by atoms with E-state index in [1.165, 1.54) is 0 Å². The maximum atomic E-state index is 12.5. The Balaban J connectivity index is 2.00. The Morgan fingerprint density at radius 1 is 1.00 bits per heavy atom. The van der Waals surface area contributed by atoms with Crippen LogP contribution in [-0.2, 0) is 9.59 Å². The summed E-state index contributed by atoms with van der Waals surface area (Å²) >= 11 is 0. The quantitative estimate of drug-likeness (QED) is 0.669. The van der Waals surface area contributed by atoms with Crippen LogP contribution >= 0.6 is 0 Å². The third kappa shape index (κ3) is 2.83. The van der Waals surface area contributed by atoms with Crippen LogP contribution in [0.2, 0.25) is 0 Å². The molecule has 2 amide bonds. The fourth-order valence-corrected chi connectivity index (χ4v) is 2.80. The summed E-state index contributed by atoms with van der Waals surface area (Å²) in [7, 11) is 2.07. The van der Waals surface area contributed by atoms with Crippen LogP contribution in [-0.4, -0.2) is 72.3 Å². The van der Waals surface area contributed by atoms with Crippen molar-refractivity contribution in [3.63, 3.8) is 0 Å². The molecule has 2 heterocycles. The summed E-state index contributed by atoms with van der Waals surface area (Å²) in [4.78, 5) is 30.0. The van der Waals surface area contributed by atoms with Gasteiger partial charge in [-0.15, -0.1) is 0 Å². The summed E-state index contributed by atoms with van der Waals surface area (Å²) in [6.45, 7) is 5.74. The first kappa shape index (κ1) is 13.3. The molecule has 0 aromatic heterocycles. The van der Waals surface area contributed by atoms with Crippen molar-refractivity contribution in [2.45, 2.75) is 32.2 Å². The Morgan fingerprint density at radius 3 is 2.28 bits per heavy atom. The molecule has 102 valence electrons. The number of hydrogen-bond acceptors (Lipinski definition) is 3. The second kappa shape index (κ2) is 5.69. The molecule has 18 heavy (non-hydrogen) atoms. The normalized spacial score (nSPS) is 26.2. The molecule has 2 rings (SSSR count). The monoisotopic (exact) mass is 253 g/mol. The second-order valence-corrected chi connectivity index (χ2v) is 5.35. The Labute approximate surface area is 109 Å². The third-order valence-corrected chi connectivity index (χ3v) is 4.01. The van der Waals surface area contributed by atoms with Gasteiger partial charge in [-0.1, -0.05) is 0 Å². The molecule has 5 nitrogen and oxygen atoms in total. The molecule has 2 fully saturated rings. The zero-order valence-corrected chi connectivity index (χ0v) is 11.4. The molecule has 5 heteroatoms. The molecule has 0 N–H and O–H groups in total. The zero-order chi connectivity index (χ0) is 13.1. The van der Waals surface area contributed by atoms with Crippen molar-refractivity contribution in [2.75, 3.05) is 39.8 Å². The molecule has 0 aromatic rings. The molecular formula is C13H23N3O2. The highest BCUT2D eigenvalue weighted by Gasteiger charge is 2.34. The molecule has 0 radical (unpaired) electrons. The van der Waals surface area contributed by atoms with E-state index in [1.54, 1.807) is 11.8 Å². The summed E-state index contributed by atoms with van der Waals surface area (Å²) in [5, 5.41) is 0. The highest BCUT2D eigenvalue weighted by atomic mass is 16.2. The Morgan fingerprint density at radius 2 is 1.67 bits per heavy atom. The van der Waals surface area contributed by atoms with Crippen LogP contribution in [0.5, 0.6) is 0 Å². The van der Waals surface area contributed by atoms with Crippen molar-refractivity contribution in [3.8, 4) is 0 Å². The molecule has 2 aliphatic heterocycles. The van der Waals surface area contributed by atoms with E-state index in [0.717, 1.165) is 52.0 Å². The van der Waals surface area contributed by atoms with Gasteiger partial charge in [-0.05, 0) is 26.3 Å². The van der Waals surface area contributed by atoms with Gasteiger partial charge < -0.3 is 14.7 Å². The summed E-state index contributed by atoms with van der Waals surface area (Å²) in [6, 6.07) is -0.209. The van der Waals surface area contributed by atoms with Gasteiger partial charge in [0.05, 0.1) is 0 Å². The van der Waals surface area contributed by atoms with Crippen molar-refractivity contribution in [1.29, 1.82) is 0 Å². The SMILES string of the molecule is CC(=O)N1CCCCC1C(=O)N1CCN(C)CC1. The van der Waals surface area contributed by atoms with Crippen LogP contribution in [0.4, 0.5) is 0 Å². The van der Waals surface area contributed by atoms with Crippen LogP contribution in [0.3, 0.4) is 0 Å². The number of piperazine rings is 1. The van der Waals surface area contributed by atoms with Crippen molar-refractivity contribution >= 4 is 11.8 Å². The van der Waals surface area contributed by atoms with E-state index in [9.17, 15) is 9.59 Å². The first-order chi connectivity index (χ1) is 8.59. The fraction of sp³-hybridized carbons (Fsp3) is 0.846. The number of hydrogen-bond donors (Lipinski definition) is 0. The van der Waals surface area contributed by atoms with Crippen LogP contribution in [0, 0.1) is 0 Å². The van der Waals surface area contributed by atoms with E-state index in [-0.39, 0.29) is 17.9 Å². The number of carbonyl (C=O) groups is 2. The average Bonchev–Trinajstić information content (AvgIpc) is 2.39.